The Bertz CT molecular complexity index is 371. The van der Waals surface area contributed by atoms with E-state index in [9.17, 15) is 0 Å². The van der Waals surface area contributed by atoms with Crippen LogP contribution in [0.25, 0.3) is 4.85 Å². The van der Waals surface area contributed by atoms with Crippen LogP contribution in [0.3, 0.4) is 0 Å². The summed E-state index contributed by atoms with van der Waals surface area (Å²) in [4.78, 5) is 10.2. The Morgan fingerprint density at radius 1 is 1.31 bits per heavy atom. The summed E-state index contributed by atoms with van der Waals surface area (Å²) in [6.07, 6.45) is 5.62. The van der Waals surface area contributed by atoms with E-state index in [-0.39, 0.29) is 0 Å². The van der Waals surface area contributed by atoms with Crippen molar-refractivity contribution in [3.63, 3.8) is 0 Å². The summed E-state index contributed by atoms with van der Waals surface area (Å²) < 4.78 is 0. The SMILES string of the molecule is [C-]#[N+]c1ccc(C(C)N2CCCCC2)nc1. The molecule has 0 aromatic carbocycles. The van der Waals surface area contributed by atoms with Crippen LogP contribution in [0.15, 0.2) is 18.3 Å². The Balaban J connectivity index is 2.07. The summed E-state index contributed by atoms with van der Waals surface area (Å²) in [6.45, 7) is 11.4. The molecule has 0 amide bonds. The van der Waals surface area contributed by atoms with Crippen LogP contribution in [0.4, 0.5) is 5.69 Å². The van der Waals surface area contributed by atoms with Crippen molar-refractivity contribution >= 4 is 5.69 Å². The van der Waals surface area contributed by atoms with Crippen LogP contribution in [-0.4, -0.2) is 23.0 Å². The molecular weight excluding hydrogens is 198 g/mol. The minimum absolute atomic E-state index is 0.375. The molecule has 1 aromatic rings. The third-order valence-electron chi connectivity index (χ3n) is 3.27. The number of hydrogen-bond acceptors (Lipinski definition) is 2. The normalized spacial score (nSPS) is 19.0. The molecule has 1 atom stereocenters. The van der Waals surface area contributed by atoms with Crippen molar-refractivity contribution < 1.29 is 0 Å². The standard InChI is InChI=1S/C13H17N3/c1-11(16-8-4-3-5-9-16)13-7-6-12(14-2)10-15-13/h6-7,10-11H,3-5,8-9H2,1H3. The van der Waals surface area contributed by atoms with Gasteiger partial charge in [0.15, 0.2) is 0 Å². The summed E-state index contributed by atoms with van der Waals surface area (Å²) in [6, 6.07) is 4.21. The molecule has 3 heteroatoms. The van der Waals surface area contributed by atoms with Gasteiger partial charge in [0.1, 0.15) is 0 Å². The topological polar surface area (TPSA) is 20.5 Å². The Hall–Kier alpha value is -1.40. The third-order valence-corrected chi connectivity index (χ3v) is 3.27. The van der Waals surface area contributed by atoms with Crippen molar-refractivity contribution in [2.24, 2.45) is 0 Å². The van der Waals surface area contributed by atoms with Gasteiger partial charge in [0.25, 0.3) is 0 Å². The maximum Gasteiger partial charge on any atom is 0.205 e. The van der Waals surface area contributed by atoms with Crippen molar-refractivity contribution in [2.75, 3.05) is 13.1 Å². The van der Waals surface area contributed by atoms with E-state index >= 15 is 0 Å². The Kier molecular flexibility index (Phi) is 3.53. The molecule has 1 unspecified atom stereocenters. The second kappa shape index (κ2) is 5.09. The number of aromatic nitrogens is 1. The molecule has 1 aromatic heterocycles. The Morgan fingerprint density at radius 3 is 2.62 bits per heavy atom. The molecule has 16 heavy (non-hydrogen) atoms. The smallest absolute Gasteiger partial charge is 0.205 e. The Morgan fingerprint density at radius 2 is 2.06 bits per heavy atom. The monoisotopic (exact) mass is 215 g/mol. The lowest BCUT2D eigenvalue weighted by Crippen LogP contribution is -2.32. The number of nitrogens with zero attached hydrogens (tertiary/aromatic N) is 3. The summed E-state index contributed by atoms with van der Waals surface area (Å²) in [5.41, 5.74) is 1.70. The first kappa shape index (κ1) is 11.1. The molecule has 1 aliphatic heterocycles. The fraction of sp³-hybridized carbons (Fsp3) is 0.538. The molecule has 3 nitrogen and oxygen atoms in total. The van der Waals surface area contributed by atoms with Crippen LogP contribution >= 0.6 is 0 Å². The van der Waals surface area contributed by atoms with E-state index < -0.39 is 0 Å². The highest BCUT2D eigenvalue weighted by molar-refractivity contribution is 5.41. The quantitative estimate of drug-likeness (QED) is 0.706. The van der Waals surface area contributed by atoms with E-state index in [1.165, 1.54) is 32.4 Å². The minimum atomic E-state index is 0.375. The van der Waals surface area contributed by atoms with Gasteiger partial charge in [-0.15, -0.1) is 0 Å². The third kappa shape index (κ3) is 2.40. The number of hydrogen-bond donors (Lipinski definition) is 0. The van der Waals surface area contributed by atoms with Crippen LogP contribution in [-0.2, 0) is 0 Å². The first-order chi connectivity index (χ1) is 7.81. The fourth-order valence-corrected chi connectivity index (χ4v) is 2.20. The van der Waals surface area contributed by atoms with Crippen molar-refractivity contribution in [3.05, 3.63) is 35.4 Å². The molecule has 1 saturated heterocycles. The predicted molar refractivity (Wildman–Crippen MR) is 64.3 cm³/mol. The molecule has 0 radical (unpaired) electrons. The van der Waals surface area contributed by atoms with E-state index in [1.807, 2.05) is 12.1 Å². The molecule has 1 aliphatic rings. The van der Waals surface area contributed by atoms with Gasteiger partial charge >= 0.3 is 0 Å². The highest BCUT2D eigenvalue weighted by Gasteiger charge is 2.18. The van der Waals surface area contributed by atoms with Crippen LogP contribution < -0.4 is 0 Å². The molecule has 0 aliphatic carbocycles. The largest absolute Gasteiger partial charge is 0.295 e. The van der Waals surface area contributed by atoms with Gasteiger partial charge in [-0.25, -0.2) is 4.85 Å². The van der Waals surface area contributed by atoms with E-state index in [0.29, 0.717) is 11.7 Å². The average molecular weight is 215 g/mol. The first-order valence-electron chi connectivity index (χ1n) is 5.89. The van der Waals surface area contributed by atoms with Crippen molar-refractivity contribution in [2.45, 2.75) is 32.2 Å². The van der Waals surface area contributed by atoms with E-state index in [0.717, 1.165) is 5.69 Å². The van der Waals surface area contributed by atoms with Gasteiger partial charge in [-0.2, -0.15) is 0 Å². The maximum absolute atomic E-state index is 6.89. The van der Waals surface area contributed by atoms with Gasteiger partial charge in [0.05, 0.1) is 12.3 Å². The number of piperidine rings is 1. The zero-order valence-electron chi connectivity index (χ0n) is 9.69. The van der Waals surface area contributed by atoms with Gasteiger partial charge in [0.2, 0.25) is 5.69 Å². The maximum atomic E-state index is 6.89. The molecule has 2 heterocycles. The second-order valence-electron chi connectivity index (χ2n) is 4.33. The highest BCUT2D eigenvalue weighted by atomic mass is 15.2. The highest BCUT2D eigenvalue weighted by Crippen LogP contribution is 2.23. The summed E-state index contributed by atoms with van der Waals surface area (Å²) in [5.74, 6) is 0. The zero-order chi connectivity index (χ0) is 11.4. The summed E-state index contributed by atoms with van der Waals surface area (Å²) in [5, 5.41) is 0. The molecule has 0 bridgehead atoms. The van der Waals surface area contributed by atoms with Crippen LogP contribution in [0.1, 0.15) is 37.9 Å². The van der Waals surface area contributed by atoms with Crippen molar-refractivity contribution in [1.29, 1.82) is 0 Å². The predicted octanol–water partition coefficient (Wildman–Crippen LogP) is 3.18. The number of pyridine rings is 1. The summed E-state index contributed by atoms with van der Waals surface area (Å²) >= 11 is 0. The van der Waals surface area contributed by atoms with Gasteiger partial charge in [-0.05, 0) is 38.9 Å². The molecule has 0 N–H and O–H groups in total. The minimum Gasteiger partial charge on any atom is -0.295 e. The lowest BCUT2D eigenvalue weighted by Gasteiger charge is -2.31. The van der Waals surface area contributed by atoms with E-state index in [1.54, 1.807) is 6.20 Å². The van der Waals surface area contributed by atoms with Gasteiger partial charge in [0, 0.05) is 12.2 Å². The van der Waals surface area contributed by atoms with Crippen LogP contribution in [0.2, 0.25) is 0 Å². The van der Waals surface area contributed by atoms with E-state index in [2.05, 4.69) is 21.7 Å². The molecular formula is C13H17N3. The second-order valence-corrected chi connectivity index (χ2v) is 4.33. The van der Waals surface area contributed by atoms with Gasteiger partial charge in [-0.3, -0.25) is 9.88 Å². The number of likely N-dealkylation sites (tertiary alicyclic amines) is 1. The summed E-state index contributed by atoms with van der Waals surface area (Å²) in [7, 11) is 0. The molecule has 2 rings (SSSR count). The lowest BCUT2D eigenvalue weighted by atomic mass is 10.1. The Labute approximate surface area is 96.9 Å². The molecule has 84 valence electrons. The zero-order valence-corrected chi connectivity index (χ0v) is 9.69. The average Bonchev–Trinajstić information content (AvgIpc) is 2.39. The van der Waals surface area contributed by atoms with Crippen LogP contribution in [0, 0.1) is 6.57 Å². The fourth-order valence-electron chi connectivity index (χ4n) is 2.20. The van der Waals surface area contributed by atoms with Crippen molar-refractivity contribution in [1.82, 2.24) is 9.88 Å². The lowest BCUT2D eigenvalue weighted by molar-refractivity contribution is 0.172. The molecule has 1 fully saturated rings. The number of rotatable bonds is 2. The molecule has 0 spiro atoms. The van der Waals surface area contributed by atoms with E-state index in [4.69, 9.17) is 6.57 Å². The first-order valence-corrected chi connectivity index (χ1v) is 5.89. The molecule has 0 saturated carbocycles. The van der Waals surface area contributed by atoms with Gasteiger partial charge < -0.3 is 0 Å². The van der Waals surface area contributed by atoms with Crippen LogP contribution in [0.5, 0.6) is 0 Å². The van der Waals surface area contributed by atoms with Crippen molar-refractivity contribution in [3.8, 4) is 0 Å². The van der Waals surface area contributed by atoms with Gasteiger partial charge in [-0.1, -0.05) is 12.5 Å².